The molecule has 0 atom stereocenters. The number of carbonyl (C=O) groups is 1. The van der Waals surface area contributed by atoms with Gasteiger partial charge in [-0.3, -0.25) is 9.48 Å². The van der Waals surface area contributed by atoms with Gasteiger partial charge in [-0.2, -0.15) is 5.10 Å². The number of para-hydroxylation sites is 2. The third-order valence-corrected chi connectivity index (χ3v) is 3.66. The molecule has 3 aromatic rings. The number of nitrogens with zero attached hydrogens (tertiary/aromatic N) is 4. The summed E-state index contributed by atoms with van der Waals surface area (Å²) in [6.45, 7) is 4.75. The van der Waals surface area contributed by atoms with Gasteiger partial charge in [0.25, 0.3) is 0 Å². The van der Waals surface area contributed by atoms with Crippen molar-refractivity contribution in [3.05, 3.63) is 47.5 Å². The van der Waals surface area contributed by atoms with Crippen molar-refractivity contribution < 1.29 is 4.79 Å². The molecule has 1 aromatic carbocycles. The highest BCUT2D eigenvalue weighted by Gasteiger charge is 2.17. The third kappa shape index (κ3) is 2.35. The van der Waals surface area contributed by atoms with Crippen LogP contribution in [0.5, 0.6) is 0 Å². The number of fused-ring (bicyclic) bond motifs is 1. The largest absolute Gasteiger partial charge is 0.328 e. The van der Waals surface area contributed by atoms with Crippen LogP contribution in [0.3, 0.4) is 0 Å². The van der Waals surface area contributed by atoms with Crippen molar-refractivity contribution in [3.8, 4) is 0 Å². The van der Waals surface area contributed by atoms with Crippen molar-refractivity contribution in [2.45, 2.75) is 26.8 Å². The van der Waals surface area contributed by atoms with E-state index in [0.29, 0.717) is 12.1 Å². The quantitative estimate of drug-likeness (QED) is 0.691. The van der Waals surface area contributed by atoms with E-state index in [9.17, 15) is 4.79 Å². The molecule has 5 heteroatoms. The van der Waals surface area contributed by atoms with E-state index >= 15 is 0 Å². The molecule has 0 unspecified atom stereocenters. The maximum absolute atomic E-state index is 12.5. The first-order chi connectivity index (χ1) is 10.1. The Kier molecular flexibility index (Phi) is 3.33. The molecule has 2 aromatic heterocycles. The SMILES string of the molecule is CCn1c(CC(=O)c2cc(C)nn2C)nc2ccccc21. The second-order valence-corrected chi connectivity index (χ2v) is 5.16. The molecule has 2 heterocycles. The summed E-state index contributed by atoms with van der Waals surface area (Å²) in [7, 11) is 1.79. The predicted octanol–water partition coefficient (Wildman–Crippen LogP) is 2.52. The zero-order valence-electron chi connectivity index (χ0n) is 12.5. The van der Waals surface area contributed by atoms with Crippen LogP contribution in [0, 0.1) is 6.92 Å². The number of ketones is 1. The second-order valence-electron chi connectivity index (χ2n) is 5.16. The molecular formula is C16H18N4O. The van der Waals surface area contributed by atoms with Crippen molar-refractivity contribution in [2.75, 3.05) is 0 Å². The van der Waals surface area contributed by atoms with Crippen molar-refractivity contribution in [1.82, 2.24) is 19.3 Å². The molecule has 108 valence electrons. The minimum absolute atomic E-state index is 0.0445. The van der Waals surface area contributed by atoms with Gasteiger partial charge >= 0.3 is 0 Å². The lowest BCUT2D eigenvalue weighted by atomic mass is 10.2. The number of aryl methyl sites for hydroxylation is 3. The first-order valence-corrected chi connectivity index (χ1v) is 7.08. The number of hydrogen-bond donors (Lipinski definition) is 0. The van der Waals surface area contributed by atoms with Crippen LogP contribution in [0.1, 0.15) is 28.9 Å². The number of rotatable bonds is 4. The summed E-state index contributed by atoms with van der Waals surface area (Å²) in [6, 6.07) is 9.79. The topological polar surface area (TPSA) is 52.7 Å². The smallest absolute Gasteiger partial charge is 0.188 e. The Hall–Kier alpha value is -2.43. The molecule has 0 aliphatic heterocycles. The standard InChI is InChI=1S/C16H18N4O/c1-4-20-13-8-6-5-7-12(13)17-16(20)10-15(21)14-9-11(2)18-19(14)3/h5-9H,4,10H2,1-3H3. The summed E-state index contributed by atoms with van der Waals surface area (Å²) in [5, 5.41) is 4.23. The number of aromatic nitrogens is 4. The number of carbonyl (C=O) groups excluding carboxylic acids is 1. The number of Topliss-reactive ketones (excluding diaryl/α,β-unsaturated/α-hetero) is 1. The molecule has 0 spiro atoms. The Morgan fingerprint density at radius 3 is 2.71 bits per heavy atom. The molecule has 0 amide bonds. The highest BCUT2D eigenvalue weighted by atomic mass is 16.1. The molecule has 0 fully saturated rings. The lowest BCUT2D eigenvalue weighted by molar-refractivity contribution is 0.0981. The van der Waals surface area contributed by atoms with Gasteiger partial charge in [0.1, 0.15) is 11.5 Å². The van der Waals surface area contributed by atoms with Gasteiger partial charge in [0.2, 0.25) is 0 Å². The average Bonchev–Trinajstić information content (AvgIpc) is 2.97. The van der Waals surface area contributed by atoms with Crippen molar-refractivity contribution in [1.29, 1.82) is 0 Å². The Morgan fingerprint density at radius 1 is 1.29 bits per heavy atom. The number of hydrogen-bond acceptors (Lipinski definition) is 3. The highest BCUT2D eigenvalue weighted by molar-refractivity contribution is 5.96. The van der Waals surface area contributed by atoms with Crippen LogP contribution in [0.15, 0.2) is 30.3 Å². The molecule has 0 N–H and O–H groups in total. The van der Waals surface area contributed by atoms with Crippen LogP contribution in [-0.4, -0.2) is 25.1 Å². The fourth-order valence-electron chi connectivity index (χ4n) is 2.72. The Balaban J connectivity index is 1.98. The molecule has 0 radical (unpaired) electrons. The summed E-state index contributed by atoms with van der Waals surface area (Å²) in [6.07, 6.45) is 0.293. The van der Waals surface area contributed by atoms with Crippen LogP contribution >= 0.6 is 0 Å². The molecule has 0 saturated heterocycles. The van der Waals surface area contributed by atoms with Gasteiger partial charge in [-0.1, -0.05) is 12.1 Å². The molecule has 0 saturated carbocycles. The summed E-state index contributed by atoms with van der Waals surface area (Å²) >= 11 is 0. The fourth-order valence-corrected chi connectivity index (χ4v) is 2.72. The van der Waals surface area contributed by atoms with Crippen molar-refractivity contribution >= 4 is 16.8 Å². The summed E-state index contributed by atoms with van der Waals surface area (Å²) < 4.78 is 3.73. The van der Waals surface area contributed by atoms with Gasteiger partial charge in [-0.15, -0.1) is 0 Å². The van der Waals surface area contributed by atoms with Crippen LogP contribution in [-0.2, 0) is 20.0 Å². The van der Waals surface area contributed by atoms with Gasteiger partial charge in [0.15, 0.2) is 5.78 Å². The first kappa shape index (κ1) is 13.5. The first-order valence-electron chi connectivity index (χ1n) is 7.08. The van der Waals surface area contributed by atoms with E-state index in [0.717, 1.165) is 29.1 Å². The molecular weight excluding hydrogens is 264 g/mol. The van der Waals surface area contributed by atoms with E-state index in [-0.39, 0.29) is 5.78 Å². The van der Waals surface area contributed by atoms with Gasteiger partial charge in [0.05, 0.1) is 23.1 Å². The zero-order chi connectivity index (χ0) is 15.0. The van der Waals surface area contributed by atoms with E-state index < -0.39 is 0 Å². The van der Waals surface area contributed by atoms with Crippen LogP contribution in [0.4, 0.5) is 0 Å². The summed E-state index contributed by atoms with van der Waals surface area (Å²) in [5.41, 5.74) is 3.49. The lowest BCUT2D eigenvalue weighted by Gasteiger charge is -2.05. The van der Waals surface area contributed by atoms with E-state index in [1.165, 1.54) is 0 Å². The van der Waals surface area contributed by atoms with Crippen molar-refractivity contribution in [2.24, 2.45) is 7.05 Å². The van der Waals surface area contributed by atoms with Gasteiger partial charge in [-0.05, 0) is 32.0 Å². The molecule has 0 aliphatic rings. The molecule has 0 aliphatic carbocycles. The average molecular weight is 282 g/mol. The molecule has 3 rings (SSSR count). The number of imidazole rings is 1. The van der Waals surface area contributed by atoms with Gasteiger partial charge in [-0.25, -0.2) is 4.98 Å². The maximum atomic E-state index is 12.5. The molecule has 21 heavy (non-hydrogen) atoms. The van der Waals surface area contributed by atoms with Gasteiger partial charge < -0.3 is 4.57 Å². The zero-order valence-corrected chi connectivity index (χ0v) is 12.5. The third-order valence-electron chi connectivity index (χ3n) is 3.66. The van der Waals surface area contributed by atoms with Gasteiger partial charge in [0, 0.05) is 13.6 Å². The molecule has 5 nitrogen and oxygen atoms in total. The normalized spacial score (nSPS) is 11.2. The minimum atomic E-state index is 0.0445. The van der Waals surface area contributed by atoms with Crippen LogP contribution in [0.25, 0.3) is 11.0 Å². The van der Waals surface area contributed by atoms with Crippen LogP contribution < -0.4 is 0 Å². The van der Waals surface area contributed by atoms with E-state index in [4.69, 9.17) is 0 Å². The second kappa shape index (κ2) is 5.16. The summed E-state index contributed by atoms with van der Waals surface area (Å²) in [4.78, 5) is 17.1. The van der Waals surface area contributed by atoms with E-state index in [1.54, 1.807) is 11.7 Å². The van der Waals surface area contributed by atoms with Crippen LogP contribution in [0.2, 0.25) is 0 Å². The Bertz CT molecular complexity index is 813. The fraction of sp³-hybridized carbons (Fsp3) is 0.312. The highest BCUT2D eigenvalue weighted by Crippen LogP contribution is 2.17. The summed E-state index contributed by atoms with van der Waals surface area (Å²) in [5.74, 6) is 0.852. The predicted molar refractivity (Wildman–Crippen MR) is 81.4 cm³/mol. The van der Waals surface area contributed by atoms with E-state index in [2.05, 4.69) is 21.6 Å². The Labute approximate surface area is 123 Å². The lowest BCUT2D eigenvalue weighted by Crippen LogP contribution is -2.13. The molecule has 0 bridgehead atoms. The monoisotopic (exact) mass is 282 g/mol. The maximum Gasteiger partial charge on any atom is 0.188 e. The van der Waals surface area contributed by atoms with Crippen molar-refractivity contribution in [3.63, 3.8) is 0 Å². The Morgan fingerprint density at radius 2 is 2.05 bits per heavy atom. The van der Waals surface area contributed by atoms with E-state index in [1.807, 2.05) is 37.3 Å². The number of benzene rings is 1. The minimum Gasteiger partial charge on any atom is -0.328 e.